The van der Waals surface area contributed by atoms with Crippen LogP contribution in [0.15, 0.2) is 30.3 Å². The first-order valence-electron chi connectivity index (χ1n) is 8.84. The molecule has 0 spiro atoms. The molecule has 0 aromatic heterocycles. The quantitative estimate of drug-likeness (QED) is 0.648. The van der Waals surface area contributed by atoms with Crippen molar-refractivity contribution in [2.24, 2.45) is 23.2 Å². The van der Waals surface area contributed by atoms with Gasteiger partial charge in [-0.25, -0.2) is 0 Å². The average molecular weight is 268 g/mol. The summed E-state index contributed by atoms with van der Waals surface area (Å²) in [5.41, 5.74) is 2.31. The van der Waals surface area contributed by atoms with Crippen LogP contribution in [0.25, 0.3) is 0 Å². The molecule has 1 aromatic carbocycles. The maximum atomic E-state index is 2.40. The summed E-state index contributed by atoms with van der Waals surface area (Å²) < 4.78 is 0. The Morgan fingerprint density at radius 3 is 2.00 bits per heavy atom. The van der Waals surface area contributed by atoms with Gasteiger partial charge in [0.05, 0.1) is 0 Å². The van der Waals surface area contributed by atoms with Crippen molar-refractivity contribution in [3.8, 4) is 0 Å². The lowest BCUT2D eigenvalue weighted by Gasteiger charge is -2.60. The molecule has 4 aliphatic rings. The smallest absolute Gasteiger partial charge is 0.0105 e. The molecule has 5 rings (SSSR count). The fourth-order valence-electron chi connectivity index (χ4n) is 6.40. The Balaban J connectivity index is 1.69. The molecule has 0 radical (unpaired) electrons. The van der Waals surface area contributed by atoms with Gasteiger partial charge >= 0.3 is 0 Å². The second kappa shape index (κ2) is 4.90. The van der Waals surface area contributed by atoms with E-state index in [1.54, 1.807) is 44.1 Å². The van der Waals surface area contributed by atoms with Crippen molar-refractivity contribution in [3.63, 3.8) is 0 Å². The van der Waals surface area contributed by atoms with E-state index in [0.717, 1.165) is 23.7 Å². The van der Waals surface area contributed by atoms with Crippen LogP contribution in [0.5, 0.6) is 0 Å². The van der Waals surface area contributed by atoms with Crippen molar-refractivity contribution >= 4 is 0 Å². The van der Waals surface area contributed by atoms with E-state index in [0.29, 0.717) is 5.41 Å². The van der Waals surface area contributed by atoms with Gasteiger partial charge in [-0.15, -0.1) is 0 Å². The molecule has 20 heavy (non-hydrogen) atoms. The topological polar surface area (TPSA) is 0 Å². The summed E-state index contributed by atoms with van der Waals surface area (Å²) in [6, 6.07) is 11.5. The second-order valence-corrected chi connectivity index (χ2v) is 8.03. The van der Waals surface area contributed by atoms with Gasteiger partial charge in [0, 0.05) is 0 Å². The maximum absolute atomic E-state index is 2.40. The van der Waals surface area contributed by atoms with Crippen LogP contribution in [0.2, 0.25) is 0 Å². The fraction of sp³-hybridized carbons (Fsp3) is 0.700. The lowest BCUT2D eigenvalue weighted by atomic mass is 9.45. The summed E-state index contributed by atoms with van der Waals surface area (Å²) in [4.78, 5) is 0. The van der Waals surface area contributed by atoms with Crippen LogP contribution in [0.1, 0.15) is 69.8 Å². The molecule has 4 saturated carbocycles. The molecule has 1 aromatic rings. The first-order chi connectivity index (χ1) is 9.79. The van der Waals surface area contributed by atoms with E-state index in [4.69, 9.17) is 0 Å². The fourth-order valence-corrected chi connectivity index (χ4v) is 6.40. The maximum Gasteiger partial charge on any atom is -0.0105 e. The Morgan fingerprint density at radius 2 is 1.50 bits per heavy atom. The first kappa shape index (κ1) is 12.9. The monoisotopic (exact) mass is 268 g/mol. The van der Waals surface area contributed by atoms with Crippen molar-refractivity contribution in [2.45, 2.75) is 64.2 Å². The number of benzene rings is 1. The summed E-state index contributed by atoms with van der Waals surface area (Å²) in [6.07, 6.45) is 12.0. The van der Waals surface area contributed by atoms with Crippen LogP contribution in [0.3, 0.4) is 0 Å². The molecular weight excluding hydrogens is 240 g/mol. The standard InChI is InChI=1S/C20H28/c1-2-6-19(18-7-4-3-5-8-18)20-12-15-9-16(13-20)11-17(10-15)14-20/h3-5,7-8,15-17,19H,2,6,9-14H2,1H3. The van der Waals surface area contributed by atoms with E-state index in [9.17, 15) is 0 Å². The molecule has 1 atom stereocenters. The van der Waals surface area contributed by atoms with Gasteiger partial charge in [-0.3, -0.25) is 0 Å². The third-order valence-corrected chi connectivity index (χ3v) is 6.60. The van der Waals surface area contributed by atoms with Gasteiger partial charge in [0.1, 0.15) is 0 Å². The van der Waals surface area contributed by atoms with E-state index < -0.39 is 0 Å². The van der Waals surface area contributed by atoms with Crippen LogP contribution in [0.4, 0.5) is 0 Å². The summed E-state index contributed by atoms with van der Waals surface area (Å²) in [5.74, 6) is 4.06. The highest BCUT2D eigenvalue weighted by molar-refractivity contribution is 5.24. The van der Waals surface area contributed by atoms with Crippen LogP contribution in [-0.2, 0) is 0 Å². The van der Waals surface area contributed by atoms with Gasteiger partial charge < -0.3 is 0 Å². The second-order valence-electron chi connectivity index (χ2n) is 8.03. The zero-order valence-corrected chi connectivity index (χ0v) is 12.9. The van der Waals surface area contributed by atoms with E-state index in [1.807, 2.05) is 0 Å². The Bertz CT molecular complexity index is 423. The van der Waals surface area contributed by atoms with E-state index in [-0.39, 0.29) is 0 Å². The summed E-state index contributed by atoms with van der Waals surface area (Å²) >= 11 is 0. The number of hydrogen-bond donors (Lipinski definition) is 0. The lowest BCUT2D eigenvalue weighted by molar-refractivity contribution is -0.0702. The molecule has 0 heteroatoms. The highest BCUT2D eigenvalue weighted by Crippen LogP contribution is 2.65. The minimum Gasteiger partial charge on any atom is -0.0654 e. The molecule has 108 valence electrons. The Hall–Kier alpha value is -0.780. The molecule has 0 aliphatic heterocycles. The summed E-state index contributed by atoms with van der Waals surface area (Å²) in [6.45, 7) is 2.37. The highest BCUT2D eigenvalue weighted by atomic mass is 14.6. The number of rotatable bonds is 4. The molecule has 0 heterocycles. The number of hydrogen-bond acceptors (Lipinski definition) is 0. The van der Waals surface area contributed by atoms with E-state index in [2.05, 4.69) is 37.3 Å². The van der Waals surface area contributed by atoms with Crippen molar-refractivity contribution < 1.29 is 0 Å². The third kappa shape index (κ3) is 2.03. The summed E-state index contributed by atoms with van der Waals surface area (Å²) in [5, 5.41) is 0. The van der Waals surface area contributed by atoms with Crippen LogP contribution >= 0.6 is 0 Å². The van der Waals surface area contributed by atoms with Crippen molar-refractivity contribution in [3.05, 3.63) is 35.9 Å². The minimum atomic E-state index is 0.673. The third-order valence-electron chi connectivity index (χ3n) is 6.60. The van der Waals surface area contributed by atoms with Crippen LogP contribution in [0, 0.1) is 23.2 Å². The SMILES string of the molecule is CCCC(c1ccccc1)C12CC3CC(CC(C3)C1)C2. The normalized spacial score (nSPS) is 40.0. The lowest BCUT2D eigenvalue weighted by Crippen LogP contribution is -2.48. The Labute approximate surface area is 124 Å². The van der Waals surface area contributed by atoms with Gasteiger partial charge in [0.15, 0.2) is 0 Å². The largest absolute Gasteiger partial charge is 0.0654 e. The Kier molecular flexibility index (Phi) is 3.16. The van der Waals surface area contributed by atoms with Gasteiger partial charge in [-0.2, -0.15) is 0 Å². The molecule has 0 nitrogen and oxygen atoms in total. The van der Waals surface area contributed by atoms with Crippen molar-refractivity contribution in [2.75, 3.05) is 0 Å². The summed E-state index contributed by atoms with van der Waals surface area (Å²) in [7, 11) is 0. The molecule has 4 bridgehead atoms. The van der Waals surface area contributed by atoms with Gasteiger partial charge in [-0.05, 0) is 79.6 Å². The zero-order chi connectivity index (χ0) is 13.6. The van der Waals surface area contributed by atoms with Crippen LogP contribution < -0.4 is 0 Å². The predicted octanol–water partition coefficient (Wildman–Crippen LogP) is 5.79. The predicted molar refractivity (Wildman–Crippen MR) is 84.7 cm³/mol. The molecule has 0 amide bonds. The van der Waals surface area contributed by atoms with E-state index >= 15 is 0 Å². The highest BCUT2D eigenvalue weighted by Gasteiger charge is 2.53. The average Bonchev–Trinajstić information content (AvgIpc) is 2.44. The Morgan fingerprint density at radius 1 is 0.950 bits per heavy atom. The van der Waals surface area contributed by atoms with Gasteiger partial charge in [-0.1, -0.05) is 43.7 Å². The van der Waals surface area contributed by atoms with Crippen molar-refractivity contribution in [1.82, 2.24) is 0 Å². The molecular formula is C20H28. The first-order valence-corrected chi connectivity index (χ1v) is 8.84. The van der Waals surface area contributed by atoms with Crippen molar-refractivity contribution in [1.29, 1.82) is 0 Å². The molecule has 0 N–H and O–H groups in total. The van der Waals surface area contributed by atoms with Gasteiger partial charge in [0.2, 0.25) is 0 Å². The molecule has 4 aliphatic carbocycles. The van der Waals surface area contributed by atoms with Gasteiger partial charge in [0.25, 0.3) is 0 Å². The van der Waals surface area contributed by atoms with Crippen LogP contribution in [-0.4, -0.2) is 0 Å². The molecule has 0 saturated heterocycles. The molecule has 1 unspecified atom stereocenters. The van der Waals surface area contributed by atoms with E-state index in [1.165, 1.54) is 12.8 Å². The zero-order valence-electron chi connectivity index (χ0n) is 12.9. The molecule has 4 fully saturated rings. The minimum absolute atomic E-state index is 0.673.